The van der Waals surface area contributed by atoms with Crippen LogP contribution in [0.5, 0.6) is 11.5 Å². The third kappa shape index (κ3) is 5.21. The molecule has 1 atom stereocenters. The molecule has 2 aromatic rings. The molecule has 0 heterocycles. The number of ketones is 1. The second-order valence-electron chi connectivity index (χ2n) is 5.33. The average Bonchev–Trinajstić information content (AvgIpc) is 2.65. The highest BCUT2D eigenvalue weighted by atomic mass is 32.2. The highest BCUT2D eigenvalue weighted by Gasteiger charge is 2.19. The van der Waals surface area contributed by atoms with Crippen LogP contribution in [0.1, 0.15) is 27.6 Å². The van der Waals surface area contributed by atoms with Gasteiger partial charge in [0, 0.05) is 23.0 Å². The molecule has 0 fully saturated rings. The van der Waals surface area contributed by atoms with Gasteiger partial charge in [0.15, 0.2) is 17.3 Å². The van der Waals surface area contributed by atoms with E-state index >= 15 is 0 Å². The lowest BCUT2D eigenvalue weighted by molar-refractivity contribution is 0.0981. The fourth-order valence-electron chi connectivity index (χ4n) is 2.44. The van der Waals surface area contributed by atoms with E-state index in [1.54, 1.807) is 30.3 Å². The third-order valence-electron chi connectivity index (χ3n) is 3.73. The molecule has 0 unspecified atom stereocenters. The van der Waals surface area contributed by atoms with Crippen molar-refractivity contribution in [3.63, 3.8) is 0 Å². The molecule has 134 valence electrons. The molecule has 1 N–H and O–H groups in total. The van der Waals surface area contributed by atoms with Crippen LogP contribution < -0.4 is 9.47 Å². The van der Waals surface area contributed by atoms with Gasteiger partial charge in [-0.2, -0.15) is 11.8 Å². The Morgan fingerprint density at radius 3 is 2.40 bits per heavy atom. The van der Waals surface area contributed by atoms with Crippen molar-refractivity contribution in [3.05, 3.63) is 59.4 Å². The standard InChI is InChI=1S/C19H21FO4S/c1-23-17-8-5-14(11-18(17)24-2)16(22)12-19(25-10-9-21)13-3-6-15(20)7-4-13/h3-8,11,19,21H,9-10,12H2,1-2H3/t19-/m0/s1. The molecule has 2 rings (SSSR count). The number of aliphatic hydroxyl groups is 1. The highest BCUT2D eigenvalue weighted by molar-refractivity contribution is 7.99. The lowest BCUT2D eigenvalue weighted by Gasteiger charge is -2.16. The van der Waals surface area contributed by atoms with Crippen molar-refractivity contribution in [2.24, 2.45) is 0 Å². The van der Waals surface area contributed by atoms with E-state index in [2.05, 4.69) is 0 Å². The van der Waals surface area contributed by atoms with Gasteiger partial charge in [-0.15, -0.1) is 0 Å². The number of methoxy groups -OCH3 is 2. The molecular formula is C19H21FO4S. The van der Waals surface area contributed by atoms with E-state index in [0.717, 1.165) is 5.56 Å². The van der Waals surface area contributed by atoms with Crippen LogP contribution in [-0.4, -0.2) is 37.5 Å². The summed E-state index contributed by atoms with van der Waals surface area (Å²) in [5, 5.41) is 8.93. The van der Waals surface area contributed by atoms with Crippen LogP contribution in [0.3, 0.4) is 0 Å². The average molecular weight is 364 g/mol. The number of ether oxygens (including phenoxy) is 2. The van der Waals surface area contributed by atoms with Gasteiger partial charge in [0.25, 0.3) is 0 Å². The Balaban J connectivity index is 2.19. The summed E-state index contributed by atoms with van der Waals surface area (Å²) in [6.07, 6.45) is 0.242. The Kier molecular flexibility index (Phi) is 7.28. The number of thioether (sulfide) groups is 1. The zero-order valence-electron chi connectivity index (χ0n) is 14.2. The minimum Gasteiger partial charge on any atom is -0.493 e. The van der Waals surface area contributed by atoms with Crippen LogP contribution in [0.25, 0.3) is 0 Å². The summed E-state index contributed by atoms with van der Waals surface area (Å²) < 4.78 is 23.6. The molecule has 25 heavy (non-hydrogen) atoms. The molecule has 0 amide bonds. The summed E-state index contributed by atoms with van der Waals surface area (Å²) >= 11 is 1.47. The fourth-order valence-corrected chi connectivity index (χ4v) is 3.45. The summed E-state index contributed by atoms with van der Waals surface area (Å²) in [6.45, 7) is 0.0207. The molecule has 0 aliphatic rings. The number of carbonyl (C=O) groups is 1. The number of rotatable bonds is 9. The number of carbonyl (C=O) groups excluding carboxylic acids is 1. The van der Waals surface area contributed by atoms with Crippen molar-refractivity contribution in [1.29, 1.82) is 0 Å². The minimum absolute atomic E-state index is 0.0207. The summed E-state index contributed by atoms with van der Waals surface area (Å²) in [6, 6.07) is 11.1. The molecular weight excluding hydrogens is 343 g/mol. The van der Waals surface area contributed by atoms with Crippen LogP contribution in [0.15, 0.2) is 42.5 Å². The van der Waals surface area contributed by atoms with Crippen molar-refractivity contribution in [3.8, 4) is 11.5 Å². The van der Waals surface area contributed by atoms with Gasteiger partial charge in [-0.1, -0.05) is 12.1 Å². The van der Waals surface area contributed by atoms with E-state index in [9.17, 15) is 9.18 Å². The maximum atomic E-state index is 13.1. The summed E-state index contributed by atoms with van der Waals surface area (Å²) in [4.78, 5) is 12.7. The molecule has 0 saturated carbocycles. The molecule has 0 bridgehead atoms. The normalized spacial score (nSPS) is 11.8. The summed E-state index contributed by atoms with van der Waals surface area (Å²) in [5.74, 6) is 1.18. The van der Waals surface area contributed by atoms with E-state index < -0.39 is 0 Å². The Morgan fingerprint density at radius 2 is 1.80 bits per heavy atom. The minimum atomic E-state index is -0.319. The van der Waals surface area contributed by atoms with Crippen LogP contribution in [0.4, 0.5) is 4.39 Å². The van der Waals surface area contributed by atoms with Gasteiger partial charge in [0.05, 0.1) is 20.8 Å². The van der Waals surface area contributed by atoms with Crippen LogP contribution in [-0.2, 0) is 0 Å². The number of hydrogen-bond acceptors (Lipinski definition) is 5. The topological polar surface area (TPSA) is 55.8 Å². The SMILES string of the molecule is COc1ccc(C(=O)C[C@H](SCCO)c2ccc(F)cc2)cc1OC. The maximum absolute atomic E-state index is 13.1. The highest BCUT2D eigenvalue weighted by Crippen LogP contribution is 2.34. The van der Waals surface area contributed by atoms with Crippen LogP contribution in [0, 0.1) is 5.82 Å². The molecule has 0 radical (unpaired) electrons. The first-order valence-corrected chi connectivity index (χ1v) is 8.87. The Morgan fingerprint density at radius 1 is 1.12 bits per heavy atom. The summed E-state index contributed by atoms with van der Waals surface area (Å²) in [7, 11) is 3.06. The smallest absolute Gasteiger partial charge is 0.164 e. The molecule has 6 heteroatoms. The zero-order valence-corrected chi connectivity index (χ0v) is 15.0. The Labute approximate surface area is 151 Å². The van der Waals surface area contributed by atoms with Crippen molar-refractivity contribution in [2.45, 2.75) is 11.7 Å². The Hall–Kier alpha value is -2.05. The van der Waals surface area contributed by atoms with Gasteiger partial charge in [-0.3, -0.25) is 4.79 Å². The van der Waals surface area contributed by atoms with Crippen LogP contribution >= 0.6 is 11.8 Å². The van der Waals surface area contributed by atoms with Gasteiger partial charge >= 0.3 is 0 Å². The molecule has 0 aliphatic heterocycles. The van der Waals surface area contributed by atoms with Gasteiger partial charge in [-0.25, -0.2) is 4.39 Å². The van der Waals surface area contributed by atoms with Gasteiger partial charge in [0.1, 0.15) is 5.82 Å². The first-order valence-electron chi connectivity index (χ1n) is 7.82. The lowest BCUT2D eigenvalue weighted by Crippen LogP contribution is -2.07. The third-order valence-corrected chi connectivity index (χ3v) is 4.99. The van der Waals surface area contributed by atoms with Crippen molar-refractivity contribution in [1.82, 2.24) is 0 Å². The number of hydrogen-bond donors (Lipinski definition) is 1. The lowest BCUT2D eigenvalue weighted by atomic mass is 10.0. The van der Waals surface area contributed by atoms with Crippen molar-refractivity contribution >= 4 is 17.5 Å². The number of halogens is 1. The molecule has 0 aromatic heterocycles. The number of Topliss-reactive ketones (excluding diaryl/α,β-unsaturated/α-hetero) is 1. The van der Waals surface area contributed by atoms with E-state index in [1.807, 2.05) is 0 Å². The zero-order chi connectivity index (χ0) is 18.2. The van der Waals surface area contributed by atoms with Gasteiger partial charge in [0.2, 0.25) is 0 Å². The fraction of sp³-hybridized carbons (Fsp3) is 0.316. The van der Waals surface area contributed by atoms with Gasteiger partial charge < -0.3 is 14.6 Å². The van der Waals surface area contributed by atoms with E-state index in [-0.39, 0.29) is 29.9 Å². The Bertz CT molecular complexity index is 703. The van der Waals surface area contributed by atoms with E-state index in [1.165, 1.54) is 38.1 Å². The van der Waals surface area contributed by atoms with E-state index in [0.29, 0.717) is 22.8 Å². The molecule has 0 saturated heterocycles. The number of aliphatic hydroxyl groups excluding tert-OH is 1. The summed E-state index contributed by atoms with van der Waals surface area (Å²) in [5.41, 5.74) is 1.38. The van der Waals surface area contributed by atoms with Gasteiger partial charge in [-0.05, 0) is 35.9 Å². The molecule has 0 aliphatic carbocycles. The van der Waals surface area contributed by atoms with Crippen LogP contribution in [0.2, 0.25) is 0 Å². The predicted molar refractivity (Wildman–Crippen MR) is 97.2 cm³/mol. The van der Waals surface area contributed by atoms with Crippen molar-refractivity contribution < 1.29 is 23.8 Å². The molecule has 4 nitrogen and oxygen atoms in total. The second kappa shape index (κ2) is 9.44. The number of benzene rings is 2. The van der Waals surface area contributed by atoms with E-state index in [4.69, 9.17) is 14.6 Å². The monoisotopic (exact) mass is 364 g/mol. The quantitative estimate of drug-likeness (QED) is 0.684. The first kappa shape index (κ1) is 19.3. The first-order chi connectivity index (χ1) is 12.1. The van der Waals surface area contributed by atoms with Crippen molar-refractivity contribution in [2.75, 3.05) is 26.6 Å². The molecule has 0 spiro atoms. The molecule has 2 aromatic carbocycles. The predicted octanol–water partition coefficient (Wildman–Crippen LogP) is 3.88. The largest absolute Gasteiger partial charge is 0.493 e. The second-order valence-corrected chi connectivity index (χ2v) is 6.64. The maximum Gasteiger partial charge on any atom is 0.164 e.